The van der Waals surface area contributed by atoms with Gasteiger partial charge in [0, 0.05) is 25.7 Å². The van der Waals surface area contributed by atoms with Gasteiger partial charge in [0.25, 0.3) is 0 Å². The van der Waals surface area contributed by atoms with Crippen LogP contribution in [0, 0.1) is 5.41 Å². The minimum atomic E-state index is -0.619. The normalized spacial score (nSPS) is 18.6. The third kappa shape index (κ3) is 8.32. The first-order valence-electron chi connectivity index (χ1n) is 12.8. The van der Waals surface area contributed by atoms with E-state index in [1.165, 1.54) is 5.56 Å². The van der Waals surface area contributed by atoms with Gasteiger partial charge in [-0.2, -0.15) is 0 Å². The second-order valence-corrected chi connectivity index (χ2v) is 10.8. The second kappa shape index (κ2) is 13.0. The van der Waals surface area contributed by atoms with E-state index in [-0.39, 0.29) is 29.8 Å². The van der Waals surface area contributed by atoms with Gasteiger partial charge >= 0.3 is 0 Å². The third-order valence-corrected chi connectivity index (χ3v) is 6.83. The summed E-state index contributed by atoms with van der Waals surface area (Å²) in [6.45, 7) is 11.2. The monoisotopic (exact) mass is 487 g/mol. The van der Waals surface area contributed by atoms with Gasteiger partial charge in [-0.1, -0.05) is 51.1 Å². The molecular weight excluding hydrogens is 442 g/mol. The molecule has 1 saturated heterocycles. The molecule has 2 rings (SSSR count). The molecule has 0 radical (unpaired) electrons. The zero-order valence-corrected chi connectivity index (χ0v) is 22.3. The van der Waals surface area contributed by atoms with E-state index in [9.17, 15) is 14.4 Å². The molecule has 1 aromatic carbocycles. The Bertz CT molecular complexity index is 837. The van der Waals surface area contributed by atoms with E-state index in [4.69, 9.17) is 5.73 Å². The fourth-order valence-corrected chi connectivity index (χ4v) is 4.47. The highest BCUT2D eigenvalue weighted by molar-refractivity contribution is 5.90. The average Bonchev–Trinajstić information content (AvgIpc) is 3.29. The average molecular weight is 488 g/mol. The number of carbonyl (C=O) groups excluding carboxylic acids is 3. The van der Waals surface area contributed by atoms with Gasteiger partial charge < -0.3 is 26.2 Å². The highest BCUT2D eigenvalue weighted by Crippen LogP contribution is 2.27. The number of nitrogens with two attached hydrogens (primary N) is 1. The summed E-state index contributed by atoms with van der Waals surface area (Å²) in [6.07, 6.45) is 3.26. The van der Waals surface area contributed by atoms with Crippen molar-refractivity contribution in [1.82, 2.24) is 20.4 Å². The number of rotatable bonds is 11. The number of nitrogens with zero attached hydrogens (tertiary/aromatic N) is 2. The van der Waals surface area contributed by atoms with E-state index in [0.717, 1.165) is 19.3 Å². The van der Waals surface area contributed by atoms with Crippen molar-refractivity contribution in [3.05, 3.63) is 35.9 Å². The first-order valence-corrected chi connectivity index (χ1v) is 12.8. The van der Waals surface area contributed by atoms with E-state index in [0.29, 0.717) is 26.1 Å². The van der Waals surface area contributed by atoms with Crippen molar-refractivity contribution in [3.8, 4) is 0 Å². The van der Waals surface area contributed by atoms with Gasteiger partial charge in [-0.15, -0.1) is 0 Å². The Labute approximate surface area is 211 Å². The molecule has 196 valence electrons. The van der Waals surface area contributed by atoms with Crippen molar-refractivity contribution in [3.63, 3.8) is 0 Å². The van der Waals surface area contributed by atoms with Gasteiger partial charge in [-0.05, 0) is 57.6 Å². The lowest BCUT2D eigenvalue weighted by atomic mass is 9.85. The Hall–Kier alpha value is -2.45. The summed E-state index contributed by atoms with van der Waals surface area (Å²) in [4.78, 5) is 42.8. The molecule has 1 heterocycles. The summed E-state index contributed by atoms with van der Waals surface area (Å²) in [5, 5.41) is 5.90. The van der Waals surface area contributed by atoms with Crippen molar-refractivity contribution < 1.29 is 14.4 Å². The summed E-state index contributed by atoms with van der Waals surface area (Å²) in [7, 11) is 1.72. The quantitative estimate of drug-likeness (QED) is 0.442. The van der Waals surface area contributed by atoms with Crippen LogP contribution < -0.4 is 16.4 Å². The van der Waals surface area contributed by atoms with Gasteiger partial charge in [-0.3, -0.25) is 14.4 Å². The molecule has 0 spiro atoms. The maximum absolute atomic E-state index is 13.6. The largest absolute Gasteiger partial charge is 0.342 e. The number of hydrogen-bond acceptors (Lipinski definition) is 5. The van der Waals surface area contributed by atoms with E-state index in [2.05, 4.69) is 22.8 Å². The van der Waals surface area contributed by atoms with E-state index in [1.807, 2.05) is 48.8 Å². The number of likely N-dealkylation sites (N-methyl/N-ethyl adjacent to an activating group) is 1. The molecule has 0 saturated carbocycles. The van der Waals surface area contributed by atoms with Crippen LogP contribution in [-0.4, -0.2) is 78.4 Å². The summed E-state index contributed by atoms with van der Waals surface area (Å²) in [6, 6.07) is 8.55. The molecule has 0 bridgehead atoms. The standard InChI is InChI=1S/C27H45N5O3/c1-19(28)25(34)31(17-14-21-11-8-7-9-12-21)18-15-22-13-10-16-32(22)26(35)23(27(3,4)5)30-24(33)20(2)29-6/h7-9,11-12,19-20,22-23,29H,10,13-18,28H2,1-6H3,(H,30,33)/t19-,20+,22+,23-/m1/s1. The highest BCUT2D eigenvalue weighted by Gasteiger charge is 2.40. The Morgan fingerprint density at radius 1 is 1.14 bits per heavy atom. The molecule has 8 nitrogen and oxygen atoms in total. The highest BCUT2D eigenvalue weighted by atomic mass is 16.2. The lowest BCUT2D eigenvalue weighted by molar-refractivity contribution is -0.140. The SMILES string of the molecule is CN[C@@H](C)C(=O)N[C@H](C(=O)N1CCC[C@H]1CCN(CCc1ccccc1)C(=O)[C@@H](C)N)C(C)(C)C. The first kappa shape index (κ1) is 28.8. The Morgan fingerprint density at radius 3 is 2.37 bits per heavy atom. The van der Waals surface area contributed by atoms with Crippen molar-refractivity contribution in [2.24, 2.45) is 11.1 Å². The van der Waals surface area contributed by atoms with Gasteiger partial charge in [0.05, 0.1) is 12.1 Å². The summed E-state index contributed by atoms with van der Waals surface area (Å²) in [5.74, 6) is -0.310. The van der Waals surface area contributed by atoms with Crippen molar-refractivity contribution in [1.29, 1.82) is 0 Å². The molecule has 8 heteroatoms. The van der Waals surface area contributed by atoms with Gasteiger partial charge in [-0.25, -0.2) is 0 Å². The molecule has 0 aromatic heterocycles. The minimum Gasteiger partial charge on any atom is -0.342 e. The third-order valence-electron chi connectivity index (χ3n) is 6.83. The smallest absolute Gasteiger partial charge is 0.245 e. The zero-order valence-electron chi connectivity index (χ0n) is 22.3. The molecule has 4 N–H and O–H groups in total. The van der Waals surface area contributed by atoms with Gasteiger partial charge in [0.1, 0.15) is 6.04 Å². The van der Waals surface area contributed by atoms with Crippen LogP contribution in [0.1, 0.15) is 59.4 Å². The van der Waals surface area contributed by atoms with Crippen molar-refractivity contribution in [2.45, 2.75) is 84.5 Å². The van der Waals surface area contributed by atoms with Crippen LogP contribution in [-0.2, 0) is 20.8 Å². The van der Waals surface area contributed by atoms with Crippen LogP contribution >= 0.6 is 0 Å². The molecule has 4 atom stereocenters. The molecule has 1 aromatic rings. The van der Waals surface area contributed by atoms with Crippen LogP contribution in [0.5, 0.6) is 0 Å². The van der Waals surface area contributed by atoms with E-state index < -0.39 is 17.5 Å². The summed E-state index contributed by atoms with van der Waals surface area (Å²) < 4.78 is 0. The molecule has 0 unspecified atom stereocenters. The molecule has 1 aliphatic rings. The summed E-state index contributed by atoms with van der Waals surface area (Å²) >= 11 is 0. The zero-order chi connectivity index (χ0) is 26.2. The van der Waals surface area contributed by atoms with Crippen molar-refractivity contribution >= 4 is 17.7 Å². The number of nitrogens with one attached hydrogen (secondary N) is 2. The number of amides is 3. The molecule has 0 aliphatic carbocycles. The first-order chi connectivity index (χ1) is 16.5. The van der Waals surface area contributed by atoms with Gasteiger partial charge in [0.2, 0.25) is 17.7 Å². The van der Waals surface area contributed by atoms with Crippen LogP contribution in [0.25, 0.3) is 0 Å². The molecule has 3 amide bonds. The number of likely N-dealkylation sites (tertiary alicyclic amines) is 1. The number of hydrogen-bond donors (Lipinski definition) is 3. The van der Waals surface area contributed by atoms with E-state index in [1.54, 1.807) is 20.9 Å². The topological polar surface area (TPSA) is 108 Å². The number of benzene rings is 1. The van der Waals surface area contributed by atoms with Crippen LogP contribution in [0.3, 0.4) is 0 Å². The van der Waals surface area contributed by atoms with Crippen LogP contribution in [0.15, 0.2) is 30.3 Å². The fourth-order valence-electron chi connectivity index (χ4n) is 4.47. The maximum Gasteiger partial charge on any atom is 0.245 e. The number of carbonyl (C=O) groups is 3. The Kier molecular flexibility index (Phi) is 10.7. The maximum atomic E-state index is 13.6. The van der Waals surface area contributed by atoms with E-state index >= 15 is 0 Å². The second-order valence-electron chi connectivity index (χ2n) is 10.8. The molecular formula is C27H45N5O3. The summed E-state index contributed by atoms with van der Waals surface area (Å²) in [5.41, 5.74) is 6.68. The van der Waals surface area contributed by atoms with Crippen LogP contribution in [0.2, 0.25) is 0 Å². The Morgan fingerprint density at radius 2 is 1.80 bits per heavy atom. The predicted molar refractivity (Wildman–Crippen MR) is 140 cm³/mol. The lowest BCUT2D eigenvalue weighted by Gasteiger charge is -2.37. The fraction of sp³-hybridized carbons (Fsp3) is 0.667. The van der Waals surface area contributed by atoms with Crippen LogP contribution in [0.4, 0.5) is 0 Å². The Balaban J connectivity index is 2.08. The molecule has 1 aliphatic heterocycles. The lowest BCUT2D eigenvalue weighted by Crippen LogP contribution is -2.58. The molecule has 35 heavy (non-hydrogen) atoms. The molecule has 1 fully saturated rings. The van der Waals surface area contributed by atoms with Crippen molar-refractivity contribution in [2.75, 3.05) is 26.7 Å². The predicted octanol–water partition coefficient (Wildman–Crippen LogP) is 1.92. The minimum absolute atomic E-state index is 0.0334. The van der Waals surface area contributed by atoms with Gasteiger partial charge in [0.15, 0.2) is 0 Å².